The SMILES string of the molecule is CN1[C@@H]2CCC[C@H]1CC(n1c(=O)c(P(=O)(O)OCOC(=O)c3ccccc3)nc3ccccc31)C2. The van der Waals surface area contributed by atoms with Crippen molar-refractivity contribution in [3.8, 4) is 0 Å². The van der Waals surface area contributed by atoms with E-state index in [1.54, 1.807) is 47.0 Å². The van der Waals surface area contributed by atoms with Gasteiger partial charge in [-0.1, -0.05) is 36.8 Å². The van der Waals surface area contributed by atoms with Crippen molar-refractivity contribution < 1.29 is 23.5 Å². The maximum absolute atomic E-state index is 13.6. The first kappa shape index (κ1) is 23.9. The van der Waals surface area contributed by atoms with Gasteiger partial charge in [0, 0.05) is 18.1 Å². The van der Waals surface area contributed by atoms with Gasteiger partial charge < -0.3 is 19.1 Å². The van der Waals surface area contributed by atoms with E-state index in [1.807, 2.05) is 12.1 Å². The third-order valence-corrected chi connectivity index (χ3v) is 8.43. The van der Waals surface area contributed by atoms with E-state index in [1.165, 1.54) is 6.42 Å². The van der Waals surface area contributed by atoms with Gasteiger partial charge in [0.15, 0.2) is 0 Å². The molecule has 10 heteroatoms. The number of hydrogen-bond acceptors (Lipinski definition) is 7. The van der Waals surface area contributed by atoms with Gasteiger partial charge >= 0.3 is 13.6 Å². The average Bonchev–Trinajstić information content (AvgIpc) is 2.84. The molecule has 2 bridgehead atoms. The minimum Gasteiger partial charge on any atom is -0.434 e. The number of piperidine rings is 2. The van der Waals surface area contributed by atoms with Gasteiger partial charge in [0.25, 0.3) is 5.56 Å². The van der Waals surface area contributed by atoms with Crippen LogP contribution in [0.1, 0.15) is 48.5 Å². The van der Waals surface area contributed by atoms with Gasteiger partial charge in [0.2, 0.25) is 12.2 Å². The Hall–Kier alpha value is -2.84. The summed E-state index contributed by atoms with van der Waals surface area (Å²) >= 11 is 0. The molecule has 3 heterocycles. The molecule has 2 saturated heterocycles. The molecule has 0 aliphatic carbocycles. The van der Waals surface area contributed by atoms with Crippen LogP contribution in [0.3, 0.4) is 0 Å². The molecular weight excluding hydrogens is 469 g/mol. The molecule has 4 atom stereocenters. The van der Waals surface area contributed by atoms with Gasteiger partial charge in [0.05, 0.1) is 16.6 Å². The highest BCUT2D eigenvalue weighted by atomic mass is 31.2. The van der Waals surface area contributed by atoms with Gasteiger partial charge in [-0.3, -0.25) is 13.9 Å². The zero-order valence-corrected chi connectivity index (χ0v) is 20.3. The quantitative estimate of drug-likeness (QED) is 0.314. The Labute approximate surface area is 202 Å². The second-order valence-electron chi connectivity index (χ2n) is 9.19. The Morgan fingerprint density at radius 2 is 1.71 bits per heavy atom. The lowest BCUT2D eigenvalue weighted by Crippen LogP contribution is -2.52. The molecule has 1 N–H and O–H groups in total. The molecule has 2 unspecified atom stereocenters. The molecule has 2 aliphatic heterocycles. The van der Waals surface area contributed by atoms with Crippen LogP contribution in [0.25, 0.3) is 11.0 Å². The second-order valence-corrected chi connectivity index (χ2v) is 10.9. The maximum Gasteiger partial charge on any atom is 0.385 e. The third kappa shape index (κ3) is 4.69. The summed E-state index contributed by atoms with van der Waals surface area (Å²) < 4.78 is 24.8. The minimum absolute atomic E-state index is 0.114. The topological polar surface area (TPSA) is 111 Å². The van der Waals surface area contributed by atoms with Crippen LogP contribution in [0.15, 0.2) is 59.4 Å². The van der Waals surface area contributed by atoms with E-state index in [9.17, 15) is 19.0 Å². The average molecular weight is 497 g/mol. The normalized spacial score (nSPS) is 24.1. The van der Waals surface area contributed by atoms with Crippen molar-refractivity contribution >= 4 is 30.0 Å². The van der Waals surface area contributed by atoms with E-state index in [-0.39, 0.29) is 11.6 Å². The highest BCUT2D eigenvalue weighted by molar-refractivity contribution is 7.60. The van der Waals surface area contributed by atoms with E-state index in [0.29, 0.717) is 23.1 Å². The summed E-state index contributed by atoms with van der Waals surface area (Å²) in [6, 6.07) is 15.9. The van der Waals surface area contributed by atoms with Crippen molar-refractivity contribution in [1.82, 2.24) is 14.5 Å². The molecule has 0 radical (unpaired) electrons. The number of fused-ring (bicyclic) bond motifs is 3. The van der Waals surface area contributed by atoms with Crippen molar-refractivity contribution in [3.63, 3.8) is 0 Å². The highest BCUT2D eigenvalue weighted by Crippen LogP contribution is 2.41. The molecule has 0 amide bonds. The summed E-state index contributed by atoms with van der Waals surface area (Å²) in [6.45, 7) is -0.784. The summed E-state index contributed by atoms with van der Waals surface area (Å²) in [5.41, 5.74) is 0.144. The minimum atomic E-state index is -4.68. The number of para-hydroxylation sites is 2. The molecule has 9 nitrogen and oxygen atoms in total. The first-order chi connectivity index (χ1) is 16.8. The Morgan fingerprint density at radius 1 is 1.06 bits per heavy atom. The van der Waals surface area contributed by atoms with Crippen molar-refractivity contribution in [2.24, 2.45) is 0 Å². The third-order valence-electron chi connectivity index (χ3n) is 7.15. The predicted octanol–water partition coefficient (Wildman–Crippen LogP) is 3.23. The smallest absolute Gasteiger partial charge is 0.385 e. The number of carbonyl (C=O) groups is 1. The molecular formula is C25H28N3O6P. The van der Waals surface area contributed by atoms with Gasteiger partial charge in [-0.15, -0.1) is 0 Å². The number of hydrogen-bond donors (Lipinski definition) is 1. The maximum atomic E-state index is 13.6. The van der Waals surface area contributed by atoms with Crippen LogP contribution in [-0.4, -0.2) is 51.2 Å². The first-order valence-corrected chi connectivity index (χ1v) is 13.4. The molecule has 35 heavy (non-hydrogen) atoms. The molecule has 2 aliphatic rings. The molecule has 3 aromatic rings. The zero-order chi connectivity index (χ0) is 24.6. The van der Waals surface area contributed by atoms with Crippen molar-refractivity contribution in [3.05, 3.63) is 70.5 Å². The standard InChI is InChI=1S/C25H28N3O6P/c1-27-18-10-7-11-19(27)15-20(14-18)28-22-13-6-5-12-21(22)26-23(24(28)29)35(31,32)34-16-33-25(30)17-8-3-2-4-9-17/h2-6,8-9,12-13,18-20H,7,10-11,14-16H2,1H3,(H,31,32)/t18-,19+,20?. The van der Waals surface area contributed by atoms with Gasteiger partial charge in [0.1, 0.15) is 0 Å². The predicted molar refractivity (Wildman–Crippen MR) is 131 cm³/mol. The van der Waals surface area contributed by atoms with Crippen molar-refractivity contribution in [2.45, 2.75) is 50.2 Å². The number of carbonyl (C=O) groups excluding carboxylic acids is 1. The van der Waals surface area contributed by atoms with Crippen LogP contribution in [0, 0.1) is 0 Å². The second kappa shape index (κ2) is 9.66. The Balaban J connectivity index is 1.44. The molecule has 0 saturated carbocycles. The van der Waals surface area contributed by atoms with Crippen molar-refractivity contribution in [1.29, 1.82) is 0 Å². The lowest BCUT2D eigenvalue weighted by atomic mass is 9.82. The monoisotopic (exact) mass is 497 g/mol. The molecule has 2 fully saturated rings. The van der Waals surface area contributed by atoms with E-state index in [0.717, 1.165) is 25.7 Å². The van der Waals surface area contributed by atoms with Crippen molar-refractivity contribution in [2.75, 3.05) is 13.8 Å². The van der Waals surface area contributed by atoms with E-state index >= 15 is 0 Å². The van der Waals surface area contributed by atoms with Gasteiger partial charge in [-0.25, -0.2) is 9.78 Å². The van der Waals surface area contributed by atoms with E-state index in [4.69, 9.17) is 9.26 Å². The van der Waals surface area contributed by atoms with Gasteiger partial charge in [-0.2, -0.15) is 0 Å². The molecule has 184 valence electrons. The Bertz CT molecular complexity index is 1330. The van der Waals surface area contributed by atoms with Gasteiger partial charge in [-0.05, 0) is 57.0 Å². The summed E-state index contributed by atoms with van der Waals surface area (Å²) in [5, 5.41) is 0. The van der Waals surface area contributed by atoms with Crippen LogP contribution in [-0.2, 0) is 13.8 Å². The van der Waals surface area contributed by atoms with Crippen LogP contribution in [0.5, 0.6) is 0 Å². The van der Waals surface area contributed by atoms with E-state index in [2.05, 4.69) is 16.9 Å². The molecule has 0 spiro atoms. The van der Waals surface area contributed by atoms with Crippen LogP contribution >= 0.6 is 7.60 Å². The lowest BCUT2D eigenvalue weighted by Gasteiger charge is -2.47. The summed E-state index contributed by atoms with van der Waals surface area (Å²) in [5.74, 6) is -0.702. The molecule has 1 aromatic heterocycles. The highest BCUT2D eigenvalue weighted by Gasteiger charge is 2.39. The molecule has 5 rings (SSSR count). The number of benzene rings is 2. The lowest BCUT2D eigenvalue weighted by molar-refractivity contribution is 0.0134. The van der Waals surface area contributed by atoms with Crippen LogP contribution in [0.4, 0.5) is 0 Å². The number of rotatable bonds is 6. The fraction of sp³-hybridized carbons (Fsp3) is 0.400. The first-order valence-electron chi connectivity index (χ1n) is 11.8. The largest absolute Gasteiger partial charge is 0.434 e. The fourth-order valence-electron chi connectivity index (χ4n) is 5.36. The number of aromatic nitrogens is 2. The van der Waals surface area contributed by atoms with E-state index < -0.39 is 31.4 Å². The fourth-order valence-corrected chi connectivity index (χ4v) is 6.26. The Kier molecular flexibility index (Phi) is 6.59. The van der Waals surface area contributed by atoms with Crippen LogP contribution in [0.2, 0.25) is 0 Å². The number of esters is 1. The summed E-state index contributed by atoms with van der Waals surface area (Å²) in [7, 11) is -2.55. The number of nitrogens with zero attached hydrogens (tertiary/aromatic N) is 3. The molecule has 2 aromatic carbocycles. The summed E-state index contributed by atoms with van der Waals surface area (Å²) in [4.78, 5) is 43.1. The number of ether oxygens (including phenoxy) is 1. The summed E-state index contributed by atoms with van der Waals surface area (Å²) in [6.07, 6.45) is 4.88. The Morgan fingerprint density at radius 3 is 2.43 bits per heavy atom. The van der Waals surface area contributed by atoms with Crippen LogP contribution < -0.4 is 11.0 Å². The zero-order valence-electron chi connectivity index (χ0n) is 19.4.